The van der Waals surface area contributed by atoms with Gasteiger partial charge in [0.2, 0.25) is 0 Å². The van der Waals surface area contributed by atoms with Gasteiger partial charge in [-0.15, -0.1) is 0 Å². The zero-order valence-corrected chi connectivity index (χ0v) is 58.2. The van der Waals surface area contributed by atoms with Crippen molar-refractivity contribution in [2.45, 2.75) is 191 Å². The standard InChI is InChI=1S/C24H27NO5.C19H37NO2Si.C15H23BrOSi.C13H17NO2/c1-27-24(26)13-16-15-29-23-14-17(5-6-18(16)23)30-22-8-7-19-20(22)3-2-4-21(19)25-9-11-28-12-10-25;1-19(2,3)23(4,5)22-18-10-9-15-16(18)7-6-8-17(15)20-11-13-21-14-12-20;1-15(2,3)18(4,5)17-14-10-9-11-12(14)7-6-8-13(11)16;15-13-5-4-10-11(13)2-1-3-12(10)14-6-8-16-9-7-14/h2-6,14,16,22H,7-13,15H2,1H3;15-18H,6-14H2,1-5H3;6-8,14H,9-10H2,1-5H3;1-3,13,15H,4-9H2/t16-,22-;15?,16?,17?,18-;14-;13-/m1000/s1. The summed E-state index contributed by atoms with van der Waals surface area (Å²) < 4.78 is 48.1. The Hall–Kier alpha value is -3.82. The molecule has 1 N–H and O–H groups in total. The number of fused-ring (bicyclic) bond motifs is 5. The van der Waals surface area contributed by atoms with Crippen LogP contribution in [0.5, 0.6) is 11.5 Å². The number of carbonyl (C=O) groups excluding carboxylic acids is 1. The summed E-state index contributed by atoms with van der Waals surface area (Å²) in [5.74, 6) is 3.13. The van der Waals surface area contributed by atoms with Gasteiger partial charge in [-0.3, -0.25) is 9.69 Å². The maximum atomic E-state index is 11.6. The summed E-state index contributed by atoms with van der Waals surface area (Å²) in [6.45, 7) is 35.2. The lowest BCUT2D eigenvalue weighted by Gasteiger charge is -2.45. The molecule has 0 amide bonds. The lowest BCUT2D eigenvalue weighted by molar-refractivity contribution is -0.141. The third-order valence-electron chi connectivity index (χ3n) is 21.4. The Balaban J connectivity index is 0.000000132. The molecular formula is C71H104BrN3O10Si2. The van der Waals surface area contributed by atoms with Crippen molar-refractivity contribution in [1.82, 2.24) is 4.90 Å². The van der Waals surface area contributed by atoms with Crippen LogP contribution in [0.25, 0.3) is 0 Å². The van der Waals surface area contributed by atoms with Crippen molar-refractivity contribution in [2.75, 3.05) is 102 Å². The minimum atomic E-state index is -1.67. The number of hydrogen-bond acceptors (Lipinski definition) is 13. The van der Waals surface area contributed by atoms with Crippen molar-refractivity contribution in [3.63, 3.8) is 0 Å². The highest BCUT2D eigenvalue weighted by atomic mass is 79.9. The molecule has 4 aliphatic heterocycles. The van der Waals surface area contributed by atoms with Gasteiger partial charge >= 0.3 is 5.97 Å². The molecule has 0 aromatic heterocycles. The number of aliphatic hydroxyl groups is 1. The minimum absolute atomic E-state index is 0.0461. The zero-order chi connectivity index (χ0) is 61.7. The molecule has 5 aliphatic carbocycles. The Morgan fingerprint density at radius 1 is 0.609 bits per heavy atom. The number of halogens is 1. The maximum absolute atomic E-state index is 11.6. The van der Waals surface area contributed by atoms with Gasteiger partial charge in [-0.05, 0) is 170 Å². The quantitative estimate of drug-likeness (QED) is 0.113. The summed E-state index contributed by atoms with van der Waals surface area (Å²) in [6, 6.07) is 26.1. The third kappa shape index (κ3) is 15.6. The lowest BCUT2D eigenvalue weighted by Crippen LogP contribution is -2.51. The molecule has 2 saturated carbocycles. The summed E-state index contributed by atoms with van der Waals surface area (Å²) in [7, 11) is -1.90. The van der Waals surface area contributed by atoms with Crippen molar-refractivity contribution in [3.05, 3.63) is 116 Å². The summed E-state index contributed by atoms with van der Waals surface area (Å²) in [5, 5.41) is 10.5. The van der Waals surface area contributed by atoms with Gasteiger partial charge < -0.3 is 52.2 Å². The summed E-state index contributed by atoms with van der Waals surface area (Å²) in [6.07, 6.45) is 14.0. The highest BCUT2D eigenvalue weighted by molar-refractivity contribution is 9.10. The second kappa shape index (κ2) is 28.8. The number of ether oxygens (including phenoxy) is 6. The van der Waals surface area contributed by atoms with E-state index in [4.69, 9.17) is 37.3 Å². The van der Waals surface area contributed by atoms with Crippen LogP contribution in [0.15, 0.2) is 77.3 Å². The van der Waals surface area contributed by atoms with Crippen LogP contribution in [-0.2, 0) is 51.9 Å². The number of rotatable bonds is 11. The molecule has 478 valence electrons. The van der Waals surface area contributed by atoms with Gasteiger partial charge in [-0.1, -0.05) is 106 Å². The lowest BCUT2D eigenvalue weighted by atomic mass is 9.76. The molecule has 13 nitrogen and oxygen atoms in total. The van der Waals surface area contributed by atoms with E-state index in [0.717, 1.165) is 158 Å². The molecule has 3 unspecified atom stereocenters. The van der Waals surface area contributed by atoms with Crippen LogP contribution in [0, 0.1) is 11.8 Å². The fraction of sp³-hybridized carbons (Fsp3) is 0.648. The molecule has 0 bridgehead atoms. The fourth-order valence-corrected chi connectivity index (χ4v) is 17.8. The first-order chi connectivity index (χ1) is 41.6. The second-order valence-corrected chi connectivity index (χ2v) is 39.1. The molecule has 4 aromatic rings. The van der Waals surface area contributed by atoms with Crippen LogP contribution in [0.1, 0.15) is 163 Å². The fourth-order valence-electron chi connectivity index (χ4n) is 14.5. The third-order valence-corrected chi connectivity index (χ3v) is 31.1. The number of benzene rings is 4. The Morgan fingerprint density at radius 2 is 1.16 bits per heavy atom. The highest BCUT2D eigenvalue weighted by Crippen LogP contribution is 2.50. The molecule has 4 heterocycles. The van der Waals surface area contributed by atoms with E-state index in [-0.39, 0.29) is 29.1 Å². The molecular weight excluding hydrogens is 1190 g/mol. The van der Waals surface area contributed by atoms with Crippen molar-refractivity contribution in [1.29, 1.82) is 0 Å². The van der Waals surface area contributed by atoms with Gasteiger partial charge in [-0.25, -0.2) is 0 Å². The average Bonchev–Trinajstić information content (AvgIpc) is 4.55. The average molecular weight is 1300 g/mol. The Kier molecular flexibility index (Phi) is 21.9. The van der Waals surface area contributed by atoms with Gasteiger partial charge in [0.05, 0.1) is 72.0 Å². The van der Waals surface area contributed by atoms with E-state index < -0.39 is 16.6 Å². The molecule has 0 radical (unpaired) electrons. The van der Waals surface area contributed by atoms with Crippen LogP contribution in [0.4, 0.5) is 11.4 Å². The van der Waals surface area contributed by atoms with Crippen LogP contribution in [-0.4, -0.2) is 137 Å². The Labute approximate surface area is 532 Å². The number of aliphatic hydroxyl groups excluding tert-OH is 1. The number of nitrogens with zero attached hydrogens (tertiary/aromatic N) is 3. The van der Waals surface area contributed by atoms with Crippen molar-refractivity contribution in [2.24, 2.45) is 11.8 Å². The Bertz CT molecular complexity index is 2930. The minimum Gasteiger partial charge on any atom is -0.492 e. The first kappa shape index (κ1) is 66.1. The number of esters is 1. The van der Waals surface area contributed by atoms with E-state index in [1.807, 2.05) is 18.2 Å². The van der Waals surface area contributed by atoms with Gasteiger partial charge in [-0.2, -0.15) is 0 Å². The van der Waals surface area contributed by atoms with E-state index in [2.05, 4.69) is 153 Å². The molecule has 3 saturated heterocycles. The molecule has 87 heavy (non-hydrogen) atoms. The first-order valence-corrected chi connectivity index (χ1v) is 39.7. The molecule has 13 rings (SSSR count). The predicted molar refractivity (Wildman–Crippen MR) is 357 cm³/mol. The largest absolute Gasteiger partial charge is 0.492 e. The highest BCUT2D eigenvalue weighted by Gasteiger charge is 2.49. The van der Waals surface area contributed by atoms with Gasteiger partial charge in [0.1, 0.15) is 17.6 Å². The first-order valence-electron chi connectivity index (χ1n) is 33.1. The summed E-state index contributed by atoms with van der Waals surface area (Å²) in [4.78, 5) is 19.2. The van der Waals surface area contributed by atoms with E-state index in [0.29, 0.717) is 30.3 Å². The topological polar surface area (TPSA) is 121 Å². The monoisotopic (exact) mass is 1290 g/mol. The van der Waals surface area contributed by atoms with Gasteiger partial charge in [0.25, 0.3) is 0 Å². The number of morpholine rings is 3. The SMILES string of the molecule is CC(C)(C)[Si](C)(C)O[C@H]1CCC2C1CCCC2N1CCOCC1.CC(C)(C)[Si](C)(C)O[C@H]1CCc2c(Br)cccc21.COC(=O)C[C@@H]1COc2cc(O[C@@H]3CCc4c3cccc4N3CCOCC3)ccc21.O[C@H]1CCc2c1cccc2N1CCOCC1. The van der Waals surface area contributed by atoms with E-state index in [9.17, 15) is 9.90 Å². The molecule has 5 fully saturated rings. The van der Waals surface area contributed by atoms with Gasteiger partial charge in [0.15, 0.2) is 16.6 Å². The number of anilines is 2. The molecule has 8 atom stereocenters. The zero-order valence-electron chi connectivity index (χ0n) is 54.6. The number of methoxy groups -OCH3 is 1. The Morgan fingerprint density at radius 3 is 1.79 bits per heavy atom. The van der Waals surface area contributed by atoms with E-state index >= 15 is 0 Å². The molecule has 16 heteroatoms. The number of carbonyl (C=O) groups is 1. The second-order valence-electron chi connectivity index (χ2n) is 28.8. The van der Waals surface area contributed by atoms with Crippen molar-refractivity contribution in [3.8, 4) is 11.5 Å². The predicted octanol–water partition coefficient (Wildman–Crippen LogP) is 14.9. The summed E-state index contributed by atoms with van der Waals surface area (Å²) in [5.41, 5.74) is 11.7. The van der Waals surface area contributed by atoms with E-state index in [1.54, 1.807) is 0 Å². The molecule has 9 aliphatic rings. The maximum Gasteiger partial charge on any atom is 0.306 e. The summed E-state index contributed by atoms with van der Waals surface area (Å²) >= 11 is 3.65. The van der Waals surface area contributed by atoms with Crippen molar-refractivity contribution >= 4 is 49.9 Å². The molecule has 0 spiro atoms. The van der Waals surface area contributed by atoms with Crippen LogP contribution < -0.4 is 19.3 Å². The smallest absolute Gasteiger partial charge is 0.306 e. The normalized spacial score (nSPS) is 26.1. The van der Waals surface area contributed by atoms with Crippen LogP contribution >= 0.6 is 15.9 Å². The van der Waals surface area contributed by atoms with Crippen molar-refractivity contribution < 1.29 is 47.2 Å². The van der Waals surface area contributed by atoms with Gasteiger partial charge in [0, 0.05) is 84.8 Å². The van der Waals surface area contributed by atoms with Crippen LogP contribution in [0.3, 0.4) is 0 Å². The molecule has 4 aromatic carbocycles. The van der Waals surface area contributed by atoms with E-state index in [1.165, 1.54) is 82.9 Å². The number of hydrogen-bond donors (Lipinski definition) is 1. The van der Waals surface area contributed by atoms with Crippen LogP contribution in [0.2, 0.25) is 36.3 Å².